The molecular weight excluding hydrogens is 166 g/mol. The third-order valence-electron chi connectivity index (χ3n) is 2.37. The molecule has 3 nitrogen and oxygen atoms in total. The first-order valence-corrected chi connectivity index (χ1v) is 5.16. The monoisotopic (exact) mass is 187 g/mol. The maximum Gasteiger partial charge on any atom is 0.0701 e. The normalized spacial score (nSPS) is 26.3. The second-order valence-electron chi connectivity index (χ2n) is 4.06. The van der Waals surface area contributed by atoms with Crippen molar-refractivity contribution in [3.8, 4) is 0 Å². The summed E-state index contributed by atoms with van der Waals surface area (Å²) < 4.78 is 5.61. The number of hydrogen-bond acceptors (Lipinski definition) is 3. The molecule has 1 saturated heterocycles. The van der Waals surface area contributed by atoms with Gasteiger partial charge in [-0.1, -0.05) is 0 Å². The Morgan fingerprint density at radius 2 is 2.31 bits per heavy atom. The highest BCUT2D eigenvalue weighted by Gasteiger charge is 2.16. The molecule has 0 aromatic rings. The third-order valence-corrected chi connectivity index (χ3v) is 2.37. The van der Waals surface area contributed by atoms with E-state index >= 15 is 0 Å². The molecule has 78 valence electrons. The van der Waals surface area contributed by atoms with Gasteiger partial charge in [-0.3, -0.25) is 0 Å². The van der Waals surface area contributed by atoms with Crippen LogP contribution in [0.25, 0.3) is 0 Å². The second-order valence-corrected chi connectivity index (χ2v) is 4.06. The quantitative estimate of drug-likeness (QED) is 0.709. The van der Waals surface area contributed by atoms with E-state index in [0.717, 1.165) is 19.7 Å². The lowest BCUT2D eigenvalue weighted by molar-refractivity contribution is -0.00677. The van der Waals surface area contributed by atoms with Gasteiger partial charge in [0.05, 0.1) is 12.2 Å². The Hall–Kier alpha value is -0.120. The summed E-state index contributed by atoms with van der Waals surface area (Å²) in [6.07, 6.45) is 3.81. The number of aliphatic hydroxyl groups excluding tert-OH is 1. The van der Waals surface area contributed by atoms with Crippen LogP contribution >= 0.6 is 0 Å². The fourth-order valence-corrected chi connectivity index (χ4v) is 1.82. The Kier molecular flexibility index (Phi) is 4.70. The van der Waals surface area contributed by atoms with Crippen molar-refractivity contribution in [2.45, 2.75) is 38.4 Å². The van der Waals surface area contributed by atoms with Crippen molar-refractivity contribution < 1.29 is 9.84 Å². The Balaban J connectivity index is 2.14. The van der Waals surface area contributed by atoms with E-state index in [2.05, 4.69) is 4.90 Å². The molecule has 13 heavy (non-hydrogen) atoms. The first kappa shape index (κ1) is 11.0. The second kappa shape index (κ2) is 5.58. The highest BCUT2D eigenvalue weighted by molar-refractivity contribution is 4.68. The zero-order valence-electron chi connectivity index (χ0n) is 8.70. The molecule has 0 spiro atoms. The lowest BCUT2D eigenvalue weighted by atomic mass is 10.1. The summed E-state index contributed by atoms with van der Waals surface area (Å²) in [5.41, 5.74) is 0. The number of nitrogens with zero attached hydrogens (tertiary/aromatic N) is 1. The summed E-state index contributed by atoms with van der Waals surface area (Å²) in [5.74, 6) is 0. The van der Waals surface area contributed by atoms with E-state index in [1.165, 1.54) is 19.3 Å². The van der Waals surface area contributed by atoms with Gasteiger partial charge in [0, 0.05) is 19.7 Å². The Bertz CT molecular complexity index is 133. The van der Waals surface area contributed by atoms with Crippen LogP contribution in [0.2, 0.25) is 0 Å². The van der Waals surface area contributed by atoms with Gasteiger partial charge in [0.25, 0.3) is 0 Å². The molecule has 2 unspecified atom stereocenters. The number of likely N-dealkylation sites (N-methyl/N-ethyl adjacent to an activating group) is 1. The highest BCUT2D eigenvalue weighted by atomic mass is 16.5. The molecule has 0 amide bonds. The summed E-state index contributed by atoms with van der Waals surface area (Å²) in [4.78, 5) is 2.14. The van der Waals surface area contributed by atoms with E-state index in [4.69, 9.17) is 9.84 Å². The maximum absolute atomic E-state index is 9.17. The van der Waals surface area contributed by atoms with Crippen LogP contribution in [0.15, 0.2) is 0 Å². The van der Waals surface area contributed by atoms with Crippen LogP contribution in [0.3, 0.4) is 0 Å². The van der Waals surface area contributed by atoms with Gasteiger partial charge in [0.15, 0.2) is 0 Å². The van der Waals surface area contributed by atoms with E-state index in [0.29, 0.717) is 6.10 Å². The minimum absolute atomic E-state index is 0.242. The van der Waals surface area contributed by atoms with Crippen molar-refractivity contribution >= 4 is 0 Å². The fraction of sp³-hybridized carbons (Fsp3) is 1.00. The maximum atomic E-state index is 9.17. The zero-order valence-corrected chi connectivity index (χ0v) is 8.70. The largest absolute Gasteiger partial charge is 0.392 e. The van der Waals surface area contributed by atoms with Crippen molar-refractivity contribution in [2.24, 2.45) is 0 Å². The predicted octanol–water partition coefficient (Wildman–Crippen LogP) is 0.868. The third kappa shape index (κ3) is 4.60. The molecule has 1 aliphatic rings. The molecular formula is C10H21NO2. The molecule has 1 rings (SSSR count). The fourth-order valence-electron chi connectivity index (χ4n) is 1.82. The lowest BCUT2D eigenvalue weighted by Crippen LogP contribution is -2.36. The Morgan fingerprint density at radius 3 is 2.85 bits per heavy atom. The van der Waals surface area contributed by atoms with E-state index in [9.17, 15) is 0 Å². The van der Waals surface area contributed by atoms with Crippen LogP contribution in [0.1, 0.15) is 26.2 Å². The zero-order chi connectivity index (χ0) is 9.68. The Morgan fingerprint density at radius 1 is 1.54 bits per heavy atom. The first-order valence-electron chi connectivity index (χ1n) is 5.16. The van der Waals surface area contributed by atoms with E-state index in [1.807, 2.05) is 14.0 Å². The van der Waals surface area contributed by atoms with Crippen molar-refractivity contribution in [1.29, 1.82) is 0 Å². The van der Waals surface area contributed by atoms with Crippen molar-refractivity contribution in [3.63, 3.8) is 0 Å². The summed E-state index contributed by atoms with van der Waals surface area (Å²) in [7, 11) is 2.03. The molecule has 1 heterocycles. The number of rotatable bonds is 4. The number of aliphatic hydroxyl groups is 1. The van der Waals surface area contributed by atoms with E-state index in [1.54, 1.807) is 0 Å². The highest BCUT2D eigenvalue weighted by Crippen LogP contribution is 2.13. The molecule has 0 bridgehead atoms. The summed E-state index contributed by atoms with van der Waals surface area (Å²) >= 11 is 0. The van der Waals surface area contributed by atoms with E-state index in [-0.39, 0.29) is 6.10 Å². The van der Waals surface area contributed by atoms with Gasteiger partial charge in [0.1, 0.15) is 0 Å². The van der Waals surface area contributed by atoms with Gasteiger partial charge in [-0.25, -0.2) is 0 Å². The van der Waals surface area contributed by atoms with Gasteiger partial charge in [-0.05, 0) is 33.2 Å². The van der Waals surface area contributed by atoms with Crippen LogP contribution in [0.5, 0.6) is 0 Å². The van der Waals surface area contributed by atoms with Crippen molar-refractivity contribution in [3.05, 3.63) is 0 Å². The molecule has 0 radical (unpaired) electrons. The summed E-state index contributed by atoms with van der Waals surface area (Å²) in [6.45, 7) is 4.41. The van der Waals surface area contributed by atoms with Crippen LogP contribution in [0.4, 0.5) is 0 Å². The molecule has 0 aromatic carbocycles. The van der Waals surface area contributed by atoms with Crippen LogP contribution < -0.4 is 0 Å². The molecule has 1 N–H and O–H groups in total. The average Bonchev–Trinajstić information content (AvgIpc) is 2.04. The summed E-state index contributed by atoms with van der Waals surface area (Å²) in [5, 5.41) is 9.17. The lowest BCUT2D eigenvalue weighted by Gasteiger charge is -2.27. The number of hydrogen-bond donors (Lipinski definition) is 1. The molecule has 2 atom stereocenters. The number of ether oxygens (including phenoxy) is 1. The smallest absolute Gasteiger partial charge is 0.0701 e. The van der Waals surface area contributed by atoms with Crippen LogP contribution in [-0.2, 0) is 4.74 Å². The molecule has 1 fully saturated rings. The first-order chi connectivity index (χ1) is 6.18. The molecule has 0 saturated carbocycles. The molecule has 3 heteroatoms. The van der Waals surface area contributed by atoms with Crippen LogP contribution in [-0.4, -0.2) is 49.0 Å². The van der Waals surface area contributed by atoms with Crippen molar-refractivity contribution in [2.75, 3.05) is 26.7 Å². The minimum atomic E-state index is -0.242. The van der Waals surface area contributed by atoms with Gasteiger partial charge in [-0.15, -0.1) is 0 Å². The van der Waals surface area contributed by atoms with Gasteiger partial charge in [0.2, 0.25) is 0 Å². The average molecular weight is 187 g/mol. The topological polar surface area (TPSA) is 32.7 Å². The van der Waals surface area contributed by atoms with Crippen molar-refractivity contribution in [1.82, 2.24) is 4.90 Å². The van der Waals surface area contributed by atoms with Crippen LogP contribution in [0, 0.1) is 0 Å². The molecule has 0 aromatic heterocycles. The summed E-state index contributed by atoms with van der Waals surface area (Å²) in [6, 6.07) is 0. The standard InChI is InChI=1S/C10H21NO2/c1-9(12)7-11(2)8-10-5-3-4-6-13-10/h9-10,12H,3-8H2,1-2H3. The van der Waals surface area contributed by atoms with Gasteiger partial charge >= 0.3 is 0 Å². The van der Waals surface area contributed by atoms with Gasteiger partial charge < -0.3 is 14.7 Å². The minimum Gasteiger partial charge on any atom is -0.392 e. The SMILES string of the molecule is CC(O)CN(C)CC1CCCCO1. The molecule has 0 aliphatic carbocycles. The Labute approximate surface area is 80.7 Å². The van der Waals surface area contributed by atoms with E-state index < -0.39 is 0 Å². The molecule has 1 aliphatic heterocycles. The predicted molar refractivity (Wildman–Crippen MR) is 52.8 cm³/mol. The van der Waals surface area contributed by atoms with Gasteiger partial charge in [-0.2, -0.15) is 0 Å².